The Balaban J connectivity index is 1.47. The molecule has 4 rings (SSSR count). The normalized spacial score (nSPS) is 12.1. The standard InChI is InChI=1S/C25H25FN4O2/c1-16-4-5-20(14-17(16)2)22-15-23-25(32)29(12-13-30(23)28-22)11-10-24(31)27-18(3)19-6-8-21(26)9-7-19/h4-9,12-15,18H,10-11H2,1-3H3,(H,27,31)/t18-/m1/s1. The molecule has 0 aliphatic heterocycles. The minimum Gasteiger partial charge on any atom is -0.350 e. The van der Waals surface area contributed by atoms with Gasteiger partial charge in [-0.15, -0.1) is 0 Å². The van der Waals surface area contributed by atoms with Gasteiger partial charge in [-0.3, -0.25) is 9.59 Å². The summed E-state index contributed by atoms with van der Waals surface area (Å²) in [5.41, 5.74) is 5.13. The van der Waals surface area contributed by atoms with Crippen LogP contribution in [0.25, 0.3) is 16.8 Å². The lowest BCUT2D eigenvalue weighted by Gasteiger charge is -2.14. The van der Waals surface area contributed by atoms with Crippen LogP contribution in [0.1, 0.15) is 36.1 Å². The second kappa shape index (κ2) is 8.78. The van der Waals surface area contributed by atoms with Gasteiger partial charge in [-0.25, -0.2) is 8.91 Å². The molecule has 0 fully saturated rings. The summed E-state index contributed by atoms with van der Waals surface area (Å²) in [5, 5.41) is 7.41. The van der Waals surface area contributed by atoms with Crippen molar-refractivity contribution in [2.45, 2.75) is 39.8 Å². The van der Waals surface area contributed by atoms with Gasteiger partial charge in [0.05, 0.1) is 11.7 Å². The Labute approximate surface area is 185 Å². The average molecular weight is 432 g/mol. The topological polar surface area (TPSA) is 68.4 Å². The summed E-state index contributed by atoms with van der Waals surface area (Å²) in [5.74, 6) is -0.500. The second-order valence-corrected chi connectivity index (χ2v) is 8.05. The first-order chi connectivity index (χ1) is 15.3. The summed E-state index contributed by atoms with van der Waals surface area (Å²) in [6.45, 7) is 6.19. The quantitative estimate of drug-likeness (QED) is 0.497. The Bertz CT molecular complexity index is 1340. The van der Waals surface area contributed by atoms with Crippen molar-refractivity contribution in [3.05, 3.63) is 93.8 Å². The molecule has 2 aromatic carbocycles. The van der Waals surface area contributed by atoms with E-state index in [2.05, 4.69) is 23.4 Å². The van der Waals surface area contributed by atoms with Crippen molar-refractivity contribution < 1.29 is 9.18 Å². The molecule has 0 aliphatic rings. The number of fused-ring (bicyclic) bond motifs is 1. The minimum atomic E-state index is -0.317. The number of halogens is 1. The summed E-state index contributed by atoms with van der Waals surface area (Å²) < 4.78 is 16.2. The molecule has 0 spiro atoms. The van der Waals surface area contributed by atoms with E-state index in [9.17, 15) is 14.0 Å². The molecule has 2 heterocycles. The van der Waals surface area contributed by atoms with Crippen LogP contribution in [0.3, 0.4) is 0 Å². The maximum atomic E-state index is 13.1. The Hall–Kier alpha value is -3.74. The van der Waals surface area contributed by atoms with Crippen molar-refractivity contribution in [1.29, 1.82) is 0 Å². The lowest BCUT2D eigenvalue weighted by Crippen LogP contribution is -2.29. The van der Waals surface area contributed by atoms with Crippen LogP contribution in [-0.4, -0.2) is 20.1 Å². The van der Waals surface area contributed by atoms with Crippen molar-refractivity contribution in [3.8, 4) is 11.3 Å². The molecule has 4 aromatic rings. The SMILES string of the molecule is Cc1ccc(-c2cc3c(=O)n(CCC(=O)N[C@H](C)c4ccc(F)cc4)ccn3n2)cc1C. The van der Waals surface area contributed by atoms with E-state index >= 15 is 0 Å². The Morgan fingerprint density at radius 2 is 1.81 bits per heavy atom. The number of carbonyl (C=O) groups is 1. The number of aryl methyl sites for hydroxylation is 3. The molecule has 164 valence electrons. The zero-order chi connectivity index (χ0) is 22.8. The molecule has 0 saturated heterocycles. The van der Waals surface area contributed by atoms with E-state index in [1.807, 2.05) is 26.0 Å². The maximum absolute atomic E-state index is 13.1. The van der Waals surface area contributed by atoms with Gasteiger partial charge < -0.3 is 9.88 Å². The van der Waals surface area contributed by atoms with Crippen LogP contribution in [0.4, 0.5) is 4.39 Å². The first kappa shape index (κ1) is 21.5. The van der Waals surface area contributed by atoms with Crippen molar-refractivity contribution >= 4 is 11.4 Å². The first-order valence-corrected chi connectivity index (χ1v) is 10.5. The smallest absolute Gasteiger partial charge is 0.276 e. The van der Waals surface area contributed by atoms with Crippen molar-refractivity contribution in [1.82, 2.24) is 19.5 Å². The molecule has 1 amide bonds. The molecule has 1 atom stereocenters. The number of nitrogens with zero attached hydrogens (tertiary/aromatic N) is 3. The molecule has 6 nitrogen and oxygen atoms in total. The highest BCUT2D eigenvalue weighted by Gasteiger charge is 2.13. The fourth-order valence-electron chi connectivity index (χ4n) is 3.61. The molecule has 2 aromatic heterocycles. The molecule has 0 radical (unpaired) electrons. The third-order valence-electron chi connectivity index (χ3n) is 5.73. The van der Waals surface area contributed by atoms with Crippen LogP contribution < -0.4 is 10.9 Å². The van der Waals surface area contributed by atoms with Gasteiger partial charge in [0.2, 0.25) is 5.91 Å². The van der Waals surface area contributed by atoms with E-state index in [-0.39, 0.29) is 36.3 Å². The molecule has 32 heavy (non-hydrogen) atoms. The van der Waals surface area contributed by atoms with Gasteiger partial charge in [0.15, 0.2) is 0 Å². The first-order valence-electron chi connectivity index (χ1n) is 10.5. The van der Waals surface area contributed by atoms with E-state index in [0.29, 0.717) is 5.52 Å². The minimum absolute atomic E-state index is 0.153. The van der Waals surface area contributed by atoms with Gasteiger partial charge in [0.25, 0.3) is 5.56 Å². The molecule has 1 N–H and O–H groups in total. The summed E-state index contributed by atoms with van der Waals surface area (Å²) in [4.78, 5) is 25.3. The number of nitrogens with one attached hydrogen (secondary N) is 1. The number of hydrogen-bond donors (Lipinski definition) is 1. The maximum Gasteiger partial charge on any atom is 0.276 e. The van der Waals surface area contributed by atoms with Gasteiger partial charge in [-0.1, -0.05) is 24.3 Å². The third-order valence-corrected chi connectivity index (χ3v) is 5.73. The predicted molar refractivity (Wildman–Crippen MR) is 122 cm³/mol. The lowest BCUT2D eigenvalue weighted by atomic mass is 10.0. The lowest BCUT2D eigenvalue weighted by molar-refractivity contribution is -0.121. The number of rotatable bonds is 6. The summed E-state index contributed by atoms with van der Waals surface area (Å²) in [7, 11) is 0. The van der Waals surface area contributed by atoms with Crippen molar-refractivity contribution in [2.24, 2.45) is 0 Å². The van der Waals surface area contributed by atoms with E-state index in [1.54, 1.807) is 35.1 Å². The molecule has 0 unspecified atom stereocenters. The fourth-order valence-corrected chi connectivity index (χ4v) is 3.61. The molecule has 0 bridgehead atoms. The van der Waals surface area contributed by atoms with Crippen LogP contribution in [0.2, 0.25) is 0 Å². The molecule has 7 heteroatoms. The van der Waals surface area contributed by atoms with E-state index in [1.165, 1.54) is 22.3 Å². The molecular weight excluding hydrogens is 407 g/mol. The van der Waals surface area contributed by atoms with Crippen LogP contribution in [0.15, 0.2) is 65.7 Å². The highest BCUT2D eigenvalue weighted by molar-refractivity contribution is 5.76. The Morgan fingerprint density at radius 3 is 2.53 bits per heavy atom. The predicted octanol–water partition coefficient (Wildman–Crippen LogP) is 4.19. The number of benzene rings is 2. The number of aromatic nitrogens is 3. The summed E-state index contributed by atoms with van der Waals surface area (Å²) in [6.07, 6.45) is 3.52. The largest absolute Gasteiger partial charge is 0.350 e. The highest BCUT2D eigenvalue weighted by atomic mass is 19.1. The van der Waals surface area contributed by atoms with Crippen LogP contribution in [0.5, 0.6) is 0 Å². The van der Waals surface area contributed by atoms with E-state index in [4.69, 9.17) is 0 Å². The summed E-state index contributed by atoms with van der Waals surface area (Å²) in [6, 6.07) is 13.6. The second-order valence-electron chi connectivity index (χ2n) is 8.05. The summed E-state index contributed by atoms with van der Waals surface area (Å²) >= 11 is 0. The zero-order valence-corrected chi connectivity index (χ0v) is 18.3. The molecule has 0 saturated carbocycles. The van der Waals surface area contributed by atoms with Gasteiger partial charge in [0.1, 0.15) is 11.3 Å². The van der Waals surface area contributed by atoms with Gasteiger partial charge >= 0.3 is 0 Å². The van der Waals surface area contributed by atoms with E-state index in [0.717, 1.165) is 22.4 Å². The number of hydrogen-bond acceptors (Lipinski definition) is 3. The fraction of sp³-hybridized carbons (Fsp3) is 0.240. The molecular formula is C25H25FN4O2. The average Bonchev–Trinajstić information content (AvgIpc) is 3.21. The van der Waals surface area contributed by atoms with Crippen LogP contribution in [0, 0.1) is 19.7 Å². The zero-order valence-electron chi connectivity index (χ0n) is 18.3. The Morgan fingerprint density at radius 1 is 1.06 bits per heavy atom. The van der Waals surface area contributed by atoms with Gasteiger partial charge in [-0.05, 0) is 61.7 Å². The number of carbonyl (C=O) groups excluding carboxylic acids is 1. The Kier molecular flexibility index (Phi) is 5.90. The number of amides is 1. The monoisotopic (exact) mass is 432 g/mol. The van der Waals surface area contributed by atoms with Gasteiger partial charge in [0, 0.05) is 30.9 Å². The van der Waals surface area contributed by atoms with Crippen LogP contribution >= 0.6 is 0 Å². The third kappa shape index (κ3) is 4.46. The van der Waals surface area contributed by atoms with E-state index < -0.39 is 0 Å². The van der Waals surface area contributed by atoms with Crippen molar-refractivity contribution in [3.63, 3.8) is 0 Å². The van der Waals surface area contributed by atoms with Crippen molar-refractivity contribution in [2.75, 3.05) is 0 Å². The van der Waals surface area contributed by atoms with Crippen LogP contribution in [-0.2, 0) is 11.3 Å². The van der Waals surface area contributed by atoms with Gasteiger partial charge in [-0.2, -0.15) is 5.10 Å². The molecule has 0 aliphatic carbocycles. The highest BCUT2D eigenvalue weighted by Crippen LogP contribution is 2.21.